The molecule has 0 aromatic heterocycles. The number of amides is 1. The van der Waals surface area contributed by atoms with Gasteiger partial charge in [0.15, 0.2) is 0 Å². The van der Waals surface area contributed by atoms with Crippen molar-refractivity contribution in [2.45, 2.75) is 51.2 Å². The fourth-order valence-electron chi connectivity index (χ4n) is 3.74. The average molecular weight is 447 g/mol. The van der Waals surface area contributed by atoms with E-state index in [0.717, 1.165) is 11.1 Å². The van der Waals surface area contributed by atoms with Crippen LogP contribution in [-0.4, -0.2) is 38.0 Å². The van der Waals surface area contributed by atoms with E-state index >= 15 is 0 Å². The lowest BCUT2D eigenvalue weighted by atomic mass is 9.98. The van der Waals surface area contributed by atoms with Crippen molar-refractivity contribution in [1.82, 2.24) is 4.72 Å². The number of carbonyl (C=O) groups is 2. The number of benzene rings is 2. The minimum absolute atomic E-state index is 0.0733. The first-order chi connectivity index (χ1) is 14.5. The van der Waals surface area contributed by atoms with Crippen LogP contribution in [-0.2, 0) is 19.6 Å². The molecule has 2 atom stereocenters. The minimum atomic E-state index is -4.08. The molecule has 0 radical (unpaired) electrons. The van der Waals surface area contributed by atoms with Gasteiger partial charge in [-0.05, 0) is 50.1 Å². The maximum absolute atomic E-state index is 13.2. The molecule has 0 fully saturated rings. The molecule has 1 amide bonds. The third kappa shape index (κ3) is 5.05. The molecule has 2 N–H and O–H groups in total. The van der Waals surface area contributed by atoms with Gasteiger partial charge in [0.1, 0.15) is 11.9 Å². The minimum Gasteiger partial charge on any atom is -0.487 e. The number of carboxylic acid groups (broad SMARTS) is 1. The van der Waals surface area contributed by atoms with E-state index in [-0.39, 0.29) is 16.9 Å². The second-order valence-corrected chi connectivity index (χ2v) is 9.53. The first-order valence-electron chi connectivity index (χ1n) is 9.88. The Kier molecular flexibility index (Phi) is 6.38. The Morgan fingerprint density at radius 1 is 1.23 bits per heavy atom. The zero-order chi connectivity index (χ0) is 22.9. The summed E-state index contributed by atoms with van der Waals surface area (Å²) in [6.45, 7) is 7.26. The first-order valence-corrected chi connectivity index (χ1v) is 11.4. The summed E-state index contributed by atoms with van der Waals surface area (Å²) < 4.78 is 34.6. The molecule has 31 heavy (non-hydrogen) atoms. The van der Waals surface area contributed by atoms with Gasteiger partial charge < -0.3 is 14.7 Å². The van der Waals surface area contributed by atoms with Crippen molar-refractivity contribution >= 4 is 27.6 Å². The fourth-order valence-corrected chi connectivity index (χ4v) is 4.98. The van der Waals surface area contributed by atoms with Crippen molar-refractivity contribution in [3.63, 3.8) is 0 Å². The van der Waals surface area contributed by atoms with Crippen LogP contribution < -0.4 is 14.4 Å². The molecule has 0 bridgehead atoms. The Morgan fingerprint density at radius 2 is 1.94 bits per heavy atom. The summed E-state index contributed by atoms with van der Waals surface area (Å²) in [6, 6.07) is 8.76. The standard InChI is InChI=1S/C22H26N2O6S/c1-13-5-7-18(14(2)9-13)19(11-22(26)27)23-31(28,29)17-6-8-21-20(10-17)24(16(4)25)12-15(3)30-21/h5-10,15,19,23H,11-12H2,1-4H3,(H,26,27)/t15-,19+/m0/s1. The molecule has 0 saturated carbocycles. The molecule has 0 unspecified atom stereocenters. The Labute approximate surface area is 181 Å². The monoisotopic (exact) mass is 446 g/mol. The van der Waals surface area contributed by atoms with Crippen molar-refractivity contribution in [3.05, 3.63) is 53.1 Å². The second-order valence-electron chi connectivity index (χ2n) is 7.82. The van der Waals surface area contributed by atoms with Crippen molar-refractivity contribution < 1.29 is 27.9 Å². The highest BCUT2D eigenvalue weighted by atomic mass is 32.2. The zero-order valence-corrected chi connectivity index (χ0v) is 18.7. The summed E-state index contributed by atoms with van der Waals surface area (Å²) in [6.07, 6.45) is -0.629. The van der Waals surface area contributed by atoms with Crippen molar-refractivity contribution in [3.8, 4) is 5.75 Å². The average Bonchev–Trinajstić information content (AvgIpc) is 2.65. The number of carbonyl (C=O) groups excluding carboxylic acids is 1. The molecule has 0 aliphatic carbocycles. The Balaban J connectivity index is 1.99. The number of sulfonamides is 1. The van der Waals surface area contributed by atoms with Crippen LogP contribution in [0.4, 0.5) is 5.69 Å². The number of rotatable bonds is 6. The summed E-state index contributed by atoms with van der Waals surface area (Å²) in [5.74, 6) is -0.925. The van der Waals surface area contributed by atoms with Crippen molar-refractivity contribution in [2.24, 2.45) is 0 Å². The zero-order valence-electron chi connectivity index (χ0n) is 17.9. The van der Waals surface area contributed by atoms with E-state index < -0.39 is 28.5 Å². The number of aliphatic carboxylic acids is 1. The second kappa shape index (κ2) is 8.68. The van der Waals surface area contributed by atoms with Crippen molar-refractivity contribution in [2.75, 3.05) is 11.4 Å². The van der Waals surface area contributed by atoms with Gasteiger partial charge in [0, 0.05) is 6.92 Å². The van der Waals surface area contributed by atoms with E-state index in [1.54, 1.807) is 6.07 Å². The van der Waals surface area contributed by atoms with Gasteiger partial charge in [-0.15, -0.1) is 0 Å². The molecule has 2 aromatic rings. The van der Waals surface area contributed by atoms with E-state index in [1.165, 1.54) is 30.0 Å². The summed E-state index contributed by atoms with van der Waals surface area (Å²) >= 11 is 0. The highest BCUT2D eigenvalue weighted by Gasteiger charge is 2.30. The quantitative estimate of drug-likeness (QED) is 0.705. The van der Waals surface area contributed by atoms with Gasteiger partial charge in [-0.3, -0.25) is 9.59 Å². The van der Waals surface area contributed by atoms with Gasteiger partial charge >= 0.3 is 5.97 Å². The highest BCUT2D eigenvalue weighted by Crippen LogP contribution is 2.36. The maximum Gasteiger partial charge on any atom is 0.305 e. The van der Waals surface area contributed by atoms with Crippen molar-refractivity contribution in [1.29, 1.82) is 0 Å². The van der Waals surface area contributed by atoms with Gasteiger partial charge in [0.05, 0.1) is 29.6 Å². The number of nitrogens with one attached hydrogen (secondary N) is 1. The van der Waals surface area contributed by atoms with Gasteiger partial charge in [-0.2, -0.15) is 0 Å². The SMILES string of the molecule is CC(=O)N1C[C@H](C)Oc2ccc(S(=O)(=O)N[C@H](CC(=O)O)c3ccc(C)cc3C)cc21. The fraction of sp³-hybridized carbons (Fsp3) is 0.364. The number of anilines is 1. The van der Waals surface area contributed by atoms with Gasteiger partial charge in [-0.1, -0.05) is 23.8 Å². The molecule has 1 aliphatic rings. The molecule has 0 spiro atoms. The predicted octanol–water partition coefficient (Wildman–Crippen LogP) is 2.93. The smallest absolute Gasteiger partial charge is 0.305 e. The van der Waals surface area contributed by atoms with Crippen LogP contribution in [0.25, 0.3) is 0 Å². The maximum atomic E-state index is 13.2. The molecule has 166 valence electrons. The molecule has 2 aromatic carbocycles. The molecule has 1 heterocycles. The van der Waals surface area contributed by atoms with Crippen LogP contribution in [0, 0.1) is 13.8 Å². The van der Waals surface area contributed by atoms with Crippen LogP contribution in [0.1, 0.15) is 43.0 Å². The van der Waals surface area contributed by atoms with Crippen LogP contribution in [0.2, 0.25) is 0 Å². The molecule has 8 nitrogen and oxygen atoms in total. The number of nitrogens with zero attached hydrogens (tertiary/aromatic N) is 1. The number of aryl methyl sites for hydroxylation is 2. The lowest BCUT2D eigenvalue weighted by molar-refractivity contribution is -0.137. The Morgan fingerprint density at radius 3 is 2.55 bits per heavy atom. The Hall–Kier alpha value is -2.91. The van der Waals surface area contributed by atoms with Gasteiger partial charge in [-0.25, -0.2) is 13.1 Å². The largest absolute Gasteiger partial charge is 0.487 e. The lowest BCUT2D eigenvalue weighted by Gasteiger charge is -2.33. The van der Waals surface area contributed by atoms with Crippen LogP contribution in [0.5, 0.6) is 5.75 Å². The van der Waals surface area contributed by atoms with E-state index in [0.29, 0.717) is 23.5 Å². The summed E-state index contributed by atoms with van der Waals surface area (Å²) in [7, 11) is -4.08. The van der Waals surface area contributed by atoms with Gasteiger partial charge in [0.25, 0.3) is 0 Å². The molecule has 9 heteroatoms. The summed E-state index contributed by atoms with van der Waals surface area (Å²) in [4.78, 5) is 24.9. The van der Waals surface area contributed by atoms with Crippen LogP contribution in [0.3, 0.4) is 0 Å². The highest BCUT2D eigenvalue weighted by molar-refractivity contribution is 7.89. The topological polar surface area (TPSA) is 113 Å². The molecule has 0 saturated heterocycles. The normalized spacial score (nSPS) is 16.9. The van der Waals surface area contributed by atoms with E-state index in [4.69, 9.17) is 4.74 Å². The number of ether oxygens (including phenoxy) is 1. The van der Waals surface area contributed by atoms with E-state index in [9.17, 15) is 23.1 Å². The number of hydrogen-bond donors (Lipinski definition) is 2. The molecular weight excluding hydrogens is 420 g/mol. The first kappa shape index (κ1) is 22.8. The molecule has 3 rings (SSSR count). The molecule has 1 aliphatic heterocycles. The lowest BCUT2D eigenvalue weighted by Crippen LogP contribution is -2.41. The van der Waals surface area contributed by atoms with Crippen LogP contribution >= 0.6 is 0 Å². The Bertz CT molecular complexity index is 1130. The number of carboxylic acids is 1. The van der Waals surface area contributed by atoms with E-state index in [2.05, 4.69) is 4.72 Å². The molecular formula is C22H26N2O6S. The number of hydrogen-bond acceptors (Lipinski definition) is 5. The summed E-state index contributed by atoms with van der Waals surface area (Å²) in [5.41, 5.74) is 2.75. The van der Waals surface area contributed by atoms with E-state index in [1.807, 2.05) is 32.9 Å². The third-order valence-electron chi connectivity index (χ3n) is 5.16. The number of fused-ring (bicyclic) bond motifs is 1. The van der Waals surface area contributed by atoms with Crippen LogP contribution in [0.15, 0.2) is 41.3 Å². The van der Waals surface area contributed by atoms with Gasteiger partial charge in [0.2, 0.25) is 15.9 Å². The summed E-state index contributed by atoms with van der Waals surface area (Å²) in [5, 5.41) is 9.34. The predicted molar refractivity (Wildman–Crippen MR) is 116 cm³/mol. The third-order valence-corrected chi connectivity index (χ3v) is 6.63.